The number of carbonyl (C=O) groups is 1. The molecule has 0 saturated heterocycles. The minimum absolute atomic E-state index is 0.0538. The van der Waals surface area contributed by atoms with Crippen molar-refractivity contribution in [1.82, 2.24) is 5.32 Å². The molecular weight excluding hydrogens is 317 g/mol. The monoisotopic (exact) mass is 335 g/mol. The first-order valence-electron chi connectivity index (χ1n) is 6.63. The molecule has 1 N–H and O–H groups in total. The second kappa shape index (κ2) is 6.75. The van der Waals surface area contributed by atoms with Crippen molar-refractivity contribution in [2.75, 3.05) is 0 Å². The Bertz CT molecular complexity index is 646. The highest BCUT2D eigenvalue weighted by Crippen LogP contribution is 2.22. The number of nitrogens with one attached hydrogen (secondary N) is 1. The molecule has 0 bridgehead atoms. The molecule has 1 aromatic rings. The van der Waals surface area contributed by atoms with E-state index in [1.807, 2.05) is 20.8 Å². The molecule has 1 amide bonds. The first-order chi connectivity index (χ1) is 9.57. The predicted molar refractivity (Wildman–Crippen MR) is 80.6 cm³/mol. The maximum atomic E-state index is 14.1. The van der Waals surface area contributed by atoms with E-state index in [0.29, 0.717) is 0 Å². The molecule has 4 nitrogen and oxygen atoms in total. The normalized spacial score (nSPS) is 14.6. The van der Waals surface area contributed by atoms with E-state index in [1.165, 1.54) is 6.92 Å². The van der Waals surface area contributed by atoms with E-state index >= 15 is 0 Å². The summed E-state index contributed by atoms with van der Waals surface area (Å²) >= 11 is 0. The molecule has 2 atom stereocenters. The SMILES string of the molecule is CCC(C)C(C)NC(=O)c1cc(S(=O)(=O)Cl)cc(C)c1F. The van der Waals surface area contributed by atoms with Gasteiger partial charge in [0.15, 0.2) is 0 Å². The zero-order valence-corrected chi connectivity index (χ0v) is 14.0. The smallest absolute Gasteiger partial charge is 0.261 e. The van der Waals surface area contributed by atoms with Gasteiger partial charge in [0.2, 0.25) is 0 Å². The highest BCUT2D eigenvalue weighted by Gasteiger charge is 2.22. The molecule has 0 spiro atoms. The van der Waals surface area contributed by atoms with E-state index in [4.69, 9.17) is 10.7 Å². The Balaban J connectivity index is 3.18. The molecule has 0 aliphatic heterocycles. The van der Waals surface area contributed by atoms with Gasteiger partial charge in [-0.1, -0.05) is 20.3 Å². The zero-order chi connectivity index (χ0) is 16.4. The summed E-state index contributed by atoms with van der Waals surface area (Å²) in [6.07, 6.45) is 0.860. The number of hydrogen-bond acceptors (Lipinski definition) is 3. The van der Waals surface area contributed by atoms with Crippen LogP contribution in [0.25, 0.3) is 0 Å². The quantitative estimate of drug-likeness (QED) is 0.840. The molecule has 0 aliphatic rings. The lowest BCUT2D eigenvalue weighted by atomic mass is 10.0. The summed E-state index contributed by atoms with van der Waals surface area (Å²) in [6, 6.07) is 1.91. The third-order valence-electron chi connectivity index (χ3n) is 3.61. The van der Waals surface area contributed by atoms with Crippen LogP contribution in [0.1, 0.15) is 43.1 Å². The maximum Gasteiger partial charge on any atom is 0.261 e. The number of hydrogen-bond donors (Lipinski definition) is 1. The van der Waals surface area contributed by atoms with Crippen LogP contribution in [0.2, 0.25) is 0 Å². The molecule has 0 aliphatic carbocycles. The third-order valence-corrected chi connectivity index (χ3v) is 4.94. The lowest BCUT2D eigenvalue weighted by molar-refractivity contribution is 0.0923. The molecule has 0 fully saturated rings. The Kier molecular flexibility index (Phi) is 5.75. The van der Waals surface area contributed by atoms with Crippen LogP contribution in [-0.4, -0.2) is 20.4 Å². The topological polar surface area (TPSA) is 63.2 Å². The minimum atomic E-state index is -4.02. The van der Waals surface area contributed by atoms with Gasteiger partial charge in [0.1, 0.15) is 5.82 Å². The Morgan fingerprint density at radius 1 is 1.38 bits per heavy atom. The van der Waals surface area contributed by atoms with Gasteiger partial charge in [-0.2, -0.15) is 0 Å². The highest BCUT2D eigenvalue weighted by atomic mass is 35.7. The summed E-state index contributed by atoms with van der Waals surface area (Å²) in [4.78, 5) is 11.9. The fourth-order valence-electron chi connectivity index (χ4n) is 1.82. The maximum absolute atomic E-state index is 14.1. The first-order valence-corrected chi connectivity index (χ1v) is 8.94. The zero-order valence-electron chi connectivity index (χ0n) is 12.4. The van der Waals surface area contributed by atoms with Crippen molar-refractivity contribution in [3.8, 4) is 0 Å². The summed E-state index contributed by atoms with van der Waals surface area (Å²) < 4.78 is 36.8. The molecule has 0 radical (unpaired) electrons. The first kappa shape index (κ1) is 17.9. The largest absolute Gasteiger partial charge is 0.349 e. The molecule has 0 aromatic heterocycles. The molecule has 2 unspecified atom stereocenters. The molecule has 1 aromatic carbocycles. The Labute approximate surface area is 129 Å². The van der Waals surface area contributed by atoms with Gasteiger partial charge < -0.3 is 5.32 Å². The Morgan fingerprint density at radius 3 is 2.43 bits per heavy atom. The average molecular weight is 336 g/mol. The summed E-state index contributed by atoms with van der Waals surface area (Å²) in [5.41, 5.74) is -0.262. The van der Waals surface area contributed by atoms with Crippen molar-refractivity contribution in [2.24, 2.45) is 5.92 Å². The summed E-state index contributed by atoms with van der Waals surface area (Å²) in [6.45, 7) is 7.15. The highest BCUT2D eigenvalue weighted by molar-refractivity contribution is 8.13. The number of benzene rings is 1. The van der Waals surface area contributed by atoms with Gasteiger partial charge in [0.25, 0.3) is 15.0 Å². The standard InChI is InChI=1S/C14H19ClFNO3S/c1-5-8(2)10(4)17-14(18)12-7-11(21(15,19)20)6-9(3)13(12)16/h6-8,10H,5H2,1-4H3,(H,17,18). The number of aryl methyl sites for hydroxylation is 1. The van der Waals surface area contributed by atoms with Crippen LogP contribution in [0.15, 0.2) is 17.0 Å². The molecule has 0 saturated carbocycles. The van der Waals surface area contributed by atoms with Crippen LogP contribution in [0.4, 0.5) is 4.39 Å². The van der Waals surface area contributed by atoms with Crippen LogP contribution in [0.3, 0.4) is 0 Å². The number of halogens is 2. The van der Waals surface area contributed by atoms with Crippen LogP contribution in [0, 0.1) is 18.7 Å². The summed E-state index contributed by atoms with van der Waals surface area (Å²) in [5, 5.41) is 2.68. The molecule has 21 heavy (non-hydrogen) atoms. The van der Waals surface area contributed by atoms with Crippen molar-refractivity contribution >= 4 is 25.6 Å². The molecular formula is C14H19ClFNO3S. The minimum Gasteiger partial charge on any atom is -0.349 e. The van der Waals surface area contributed by atoms with Gasteiger partial charge in [-0.25, -0.2) is 12.8 Å². The van der Waals surface area contributed by atoms with Crippen molar-refractivity contribution in [1.29, 1.82) is 0 Å². The lowest BCUT2D eigenvalue weighted by Crippen LogP contribution is -2.37. The van der Waals surface area contributed by atoms with E-state index < -0.39 is 20.8 Å². The van der Waals surface area contributed by atoms with Crippen molar-refractivity contribution in [3.63, 3.8) is 0 Å². The van der Waals surface area contributed by atoms with E-state index in [2.05, 4.69) is 5.32 Å². The van der Waals surface area contributed by atoms with Crippen molar-refractivity contribution in [2.45, 2.75) is 45.1 Å². The Hall–Kier alpha value is -1.14. The summed E-state index contributed by atoms with van der Waals surface area (Å²) in [7, 11) is 1.23. The van der Waals surface area contributed by atoms with Gasteiger partial charge in [-0.15, -0.1) is 0 Å². The fraction of sp³-hybridized carbons (Fsp3) is 0.500. The summed E-state index contributed by atoms with van der Waals surface area (Å²) in [5.74, 6) is -1.17. The van der Waals surface area contributed by atoms with Gasteiger partial charge in [-0.3, -0.25) is 4.79 Å². The number of rotatable bonds is 5. The average Bonchev–Trinajstić information content (AvgIpc) is 2.39. The van der Waals surface area contributed by atoms with Crippen LogP contribution >= 0.6 is 10.7 Å². The lowest BCUT2D eigenvalue weighted by Gasteiger charge is -2.20. The second-order valence-electron chi connectivity index (χ2n) is 5.19. The van der Waals surface area contributed by atoms with Crippen molar-refractivity contribution in [3.05, 3.63) is 29.1 Å². The van der Waals surface area contributed by atoms with Crippen LogP contribution in [-0.2, 0) is 9.05 Å². The van der Waals surface area contributed by atoms with Crippen LogP contribution < -0.4 is 5.32 Å². The predicted octanol–water partition coefficient (Wildman–Crippen LogP) is 3.23. The van der Waals surface area contributed by atoms with E-state index in [1.54, 1.807) is 0 Å². The second-order valence-corrected chi connectivity index (χ2v) is 7.75. The van der Waals surface area contributed by atoms with Gasteiger partial charge >= 0.3 is 0 Å². The van der Waals surface area contributed by atoms with E-state index in [0.717, 1.165) is 18.6 Å². The van der Waals surface area contributed by atoms with Gasteiger partial charge in [0, 0.05) is 16.7 Å². The van der Waals surface area contributed by atoms with E-state index in [9.17, 15) is 17.6 Å². The molecule has 0 heterocycles. The fourth-order valence-corrected chi connectivity index (χ4v) is 2.67. The van der Waals surface area contributed by atoms with E-state index in [-0.39, 0.29) is 28.0 Å². The number of carbonyl (C=O) groups excluding carboxylic acids is 1. The Morgan fingerprint density at radius 2 is 1.95 bits per heavy atom. The third kappa shape index (κ3) is 4.41. The van der Waals surface area contributed by atoms with Gasteiger partial charge in [0.05, 0.1) is 10.5 Å². The number of amides is 1. The molecule has 1 rings (SSSR count). The van der Waals surface area contributed by atoms with Crippen molar-refractivity contribution < 1.29 is 17.6 Å². The van der Waals surface area contributed by atoms with Crippen LogP contribution in [0.5, 0.6) is 0 Å². The molecule has 118 valence electrons. The van der Waals surface area contributed by atoms with Gasteiger partial charge in [-0.05, 0) is 37.5 Å². The molecule has 7 heteroatoms.